The van der Waals surface area contributed by atoms with Gasteiger partial charge in [-0.05, 0) is 50.3 Å². The Morgan fingerprint density at radius 2 is 2.07 bits per heavy atom. The van der Waals surface area contributed by atoms with Crippen molar-refractivity contribution in [1.29, 1.82) is 0 Å². The maximum atomic E-state index is 12.5. The van der Waals surface area contributed by atoms with E-state index in [1.807, 2.05) is 30.5 Å². The minimum Gasteiger partial charge on any atom is -0.352 e. The van der Waals surface area contributed by atoms with E-state index in [0.29, 0.717) is 12.1 Å². The molecule has 29 heavy (non-hydrogen) atoms. The smallest absolute Gasteiger partial charge is 0.251 e. The molecule has 0 saturated carbocycles. The summed E-state index contributed by atoms with van der Waals surface area (Å²) in [5.74, 6) is -0.0268. The standard InChI is InChI=1S/C21H24N6OS/c1-3-26(4-2)11-5-9-22-20(28)15-6-7-18-19(12-15)29-21-25-17(14-27(18)21)16-8-10-23-24-13-16/h6-8,10,12-14H,3-5,9,11H2,1-2H3,(H,22,28). The van der Waals surface area contributed by atoms with Crippen LogP contribution in [0.15, 0.2) is 42.9 Å². The maximum Gasteiger partial charge on any atom is 0.251 e. The third kappa shape index (κ3) is 4.13. The minimum absolute atomic E-state index is 0.0268. The number of hydrogen-bond donors (Lipinski definition) is 1. The van der Waals surface area contributed by atoms with Crippen molar-refractivity contribution in [3.8, 4) is 11.3 Å². The molecule has 3 heterocycles. The Bertz CT molecular complexity index is 1120. The van der Waals surface area contributed by atoms with Crippen LogP contribution in [0, 0.1) is 0 Å². The van der Waals surface area contributed by atoms with E-state index in [1.54, 1.807) is 23.7 Å². The van der Waals surface area contributed by atoms with Crippen molar-refractivity contribution < 1.29 is 4.79 Å². The molecule has 0 aliphatic heterocycles. The monoisotopic (exact) mass is 408 g/mol. The van der Waals surface area contributed by atoms with Crippen LogP contribution in [-0.4, -0.2) is 56.6 Å². The highest BCUT2D eigenvalue weighted by Crippen LogP contribution is 2.29. The number of benzene rings is 1. The van der Waals surface area contributed by atoms with E-state index in [4.69, 9.17) is 4.98 Å². The summed E-state index contributed by atoms with van der Waals surface area (Å²) < 4.78 is 3.10. The fourth-order valence-corrected chi connectivity index (χ4v) is 4.42. The predicted molar refractivity (Wildman–Crippen MR) is 116 cm³/mol. The third-order valence-electron chi connectivity index (χ3n) is 5.07. The van der Waals surface area contributed by atoms with Gasteiger partial charge >= 0.3 is 0 Å². The summed E-state index contributed by atoms with van der Waals surface area (Å²) in [5, 5.41) is 10.8. The van der Waals surface area contributed by atoms with Crippen molar-refractivity contribution in [3.63, 3.8) is 0 Å². The lowest BCUT2D eigenvalue weighted by molar-refractivity contribution is 0.0952. The van der Waals surface area contributed by atoms with Gasteiger partial charge in [-0.2, -0.15) is 10.2 Å². The second-order valence-corrected chi connectivity index (χ2v) is 7.84. The molecule has 4 rings (SSSR count). The first kappa shape index (κ1) is 19.5. The second-order valence-electron chi connectivity index (χ2n) is 6.83. The molecule has 0 aliphatic rings. The Kier molecular flexibility index (Phi) is 5.82. The lowest BCUT2D eigenvalue weighted by Crippen LogP contribution is -2.29. The Hall–Kier alpha value is -2.84. The molecule has 0 atom stereocenters. The van der Waals surface area contributed by atoms with Crippen molar-refractivity contribution in [2.24, 2.45) is 0 Å². The van der Waals surface area contributed by atoms with E-state index >= 15 is 0 Å². The fourth-order valence-electron chi connectivity index (χ4n) is 3.37. The van der Waals surface area contributed by atoms with Gasteiger partial charge in [0.2, 0.25) is 0 Å². The first-order chi connectivity index (χ1) is 14.2. The van der Waals surface area contributed by atoms with E-state index in [-0.39, 0.29) is 5.91 Å². The number of nitrogens with zero attached hydrogens (tertiary/aromatic N) is 5. The Labute approximate surface area is 173 Å². The summed E-state index contributed by atoms with van der Waals surface area (Å²) in [4.78, 5) is 20.5. The molecule has 0 aliphatic carbocycles. The third-order valence-corrected chi connectivity index (χ3v) is 6.08. The Balaban J connectivity index is 1.47. The molecule has 0 fully saturated rings. The van der Waals surface area contributed by atoms with Crippen LogP contribution in [0.1, 0.15) is 30.6 Å². The van der Waals surface area contributed by atoms with Crippen LogP contribution in [0.25, 0.3) is 26.4 Å². The lowest BCUT2D eigenvalue weighted by Gasteiger charge is -2.17. The van der Waals surface area contributed by atoms with Crippen LogP contribution >= 0.6 is 11.3 Å². The van der Waals surface area contributed by atoms with E-state index in [9.17, 15) is 4.79 Å². The number of thiazole rings is 1. The largest absolute Gasteiger partial charge is 0.352 e. The van der Waals surface area contributed by atoms with Gasteiger partial charge in [-0.25, -0.2) is 4.98 Å². The van der Waals surface area contributed by atoms with E-state index in [2.05, 4.69) is 38.7 Å². The highest BCUT2D eigenvalue weighted by molar-refractivity contribution is 7.23. The van der Waals surface area contributed by atoms with Gasteiger partial charge < -0.3 is 10.2 Å². The zero-order chi connectivity index (χ0) is 20.2. The van der Waals surface area contributed by atoms with Gasteiger partial charge in [-0.3, -0.25) is 9.20 Å². The zero-order valence-corrected chi connectivity index (χ0v) is 17.4. The number of amides is 1. The average Bonchev–Trinajstić information content (AvgIpc) is 3.32. The Morgan fingerprint density at radius 1 is 1.21 bits per heavy atom. The summed E-state index contributed by atoms with van der Waals surface area (Å²) in [6.07, 6.45) is 6.32. The SMILES string of the molecule is CCN(CC)CCCNC(=O)c1ccc2c(c1)sc1nc(-c3ccnnc3)cn12. The highest BCUT2D eigenvalue weighted by atomic mass is 32.1. The molecule has 0 bridgehead atoms. The number of rotatable bonds is 8. The summed E-state index contributed by atoms with van der Waals surface area (Å²) in [6, 6.07) is 7.70. The molecule has 0 spiro atoms. The molecule has 0 saturated heterocycles. The number of carbonyl (C=O) groups is 1. The molecule has 1 aromatic carbocycles. The first-order valence-electron chi connectivity index (χ1n) is 9.89. The molecule has 150 valence electrons. The summed E-state index contributed by atoms with van der Waals surface area (Å²) in [7, 11) is 0. The lowest BCUT2D eigenvalue weighted by atomic mass is 10.2. The van der Waals surface area contributed by atoms with E-state index in [1.165, 1.54) is 0 Å². The quantitative estimate of drug-likeness (QED) is 0.452. The van der Waals surface area contributed by atoms with Crippen molar-refractivity contribution in [3.05, 3.63) is 48.4 Å². The molecule has 4 aromatic rings. The molecular formula is C21H24N6OS. The van der Waals surface area contributed by atoms with Crippen molar-refractivity contribution in [2.45, 2.75) is 20.3 Å². The number of fused-ring (bicyclic) bond motifs is 3. The normalized spacial score (nSPS) is 11.6. The number of aromatic nitrogens is 4. The molecular weight excluding hydrogens is 384 g/mol. The van der Waals surface area contributed by atoms with Gasteiger partial charge in [0, 0.05) is 23.9 Å². The van der Waals surface area contributed by atoms with Gasteiger partial charge in [0.25, 0.3) is 5.91 Å². The Morgan fingerprint density at radius 3 is 2.83 bits per heavy atom. The van der Waals surface area contributed by atoms with E-state index in [0.717, 1.165) is 52.5 Å². The predicted octanol–water partition coefficient (Wildman–Crippen LogP) is 3.47. The zero-order valence-electron chi connectivity index (χ0n) is 16.6. The molecule has 0 unspecified atom stereocenters. The van der Waals surface area contributed by atoms with Gasteiger partial charge in [-0.15, -0.1) is 0 Å². The van der Waals surface area contributed by atoms with Crippen LogP contribution in [0.5, 0.6) is 0 Å². The molecule has 8 heteroatoms. The van der Waals surface area contributed by atoms with Gasteiger partial charge in [0.15, 0.2) is 4.96 Å². The summed E-state index contributed by atoms with van der Waals surface area (Å²) in [5.41, 5.74) is 3.53. The van der Waals surface area contributed by atoms with Crippen molar-refractivity contribution in [1.82, 2.24) is 29.8 Å². The number of nitrogens with one attached hydrogen (secondary N) is 1. The van der Waals surface area contributed by atoms with Crippen LogP contribution in [-0.2, 0) is 0 Å². The molecule has 3 aromatic heterocycles. The first-order valence-corrected chi connectivity index (χ1v) is 10.7. The number of imidazole rings is 1. The molecule has 1 N–H and O–H groups in total. The van der Waals surface area contributed by atoms with Crippen molar-refractivity contribution >= 4 is 32.4 Å². The second kappa shape index (κ2) is 8.67. The fraction of sp³-hybridized carbons (Fsp3) is 0.333. The molecule has 0 radical (unpaired) electrons. The maximum absolute atomic E-state index is 12.5. The molecule has 7 nitrogen and oxygen atoms in total. The molecule has 1 amide bonds. The summed E-state index contributed by atoms with van der Waals surface area (Å²) >= 11 is 1.58. The van der Waals surface area contributed by atoms with Crippen LogP contribution in [0.2, 0.25) is 0 Å². The van der Waals surface area contributed by atoms with Crippen LogP contribution in [0.4, 0.5) is 0 Å². The summed E-state index contributed by atoms with van der Waals surface area (Å²) in [6.45, 7) is 8.09. The topological polar surface area (TPSA) is 75.4 Å². The van der Waals surface area contributed by atoms with Gasteiger partial charge in [-0.1, -0.05) is 25.2 Å². The number of hydrogen-bond acceptors (Lipinski definition) is 6. The highest BCUT2D eigenvalue weighted by Gasteiger charge is 2.13. The van der Waals surface area contributed by atoms with E-state index < -0.39 is 0 Å². The van der Waals surface area contributed by atoms with Crippen LogP contribution in [0.3, 0.4) is 0 Å². The van der Waals surface area contributed by atoms with Gasteiger partial charge in [0.05, 0.1) is 28.3 Å². The minimum atomic E-state index is -0.0268. The average molecular weight is 409 g/mol. The van der Waals surface area contributed by atoms with Gasteiger partial charge in [0.1, 0.15) is 0 Å². The number of carbonyl (C=O) groups excluding carboxylic acids is 1. The van der Waals surface area contributed by atoms with Crippen LogP contribution < -0.4 is 5.32 Å². The van der Waals surface area contributed by atoms with Crippen molar-refractivity contribution in [2.75, 3.05) is 26.2 Å².